The standard InChI is InChI=1S/C20H27N3O/c24-20(22-17-5-1-2-6-17)23-11-9-15(10-12-23)13-16-14-21-19-8-4-3-7-18(16)19/h3-4,7-8,14-15,17,21H,1-2,5-6,9-13H2,(H,22,24). The van der Waals surface area contributed by atoms with E-state index < -0.39 is 0 Å². The van der Waals surface area contributed by atoms with Crippen molar-refractivity contribution in [3.05, 3.63) is 36.0 Å². The number of H-pyrrole nitrogens is 1. The summed E-state index contributed by atoms with van der Waals surface area (Å²) in [7, 11) is 0. The number of likely N-dealkylation sites (tertiary alicyclic amines) is 1. The lowest BCUT2D eigenvalue weighted by Gasteiger charge is -2.32. The van der Waals surface area contributed by atoms with E-state index in [0.29, 0.717) is 12.0 Å². The average molecular weight is 325 g/mol. The lowest BCUT2D eigenvalue weighted by Crippen LogP contribution is -2.47. The maximum absolute atomic E-state index is 12.4. The van der Waals surface area contributed by atoms with Gasteiger partial charge in [0, 0.05) is 36.2 Å². The van der Waals surface area contributed by atoms with Crippen LogP contribution in [0.15, 0.2) is 30.5 Å². The molecule has 1 saturated carbocycles. The molecule has 24 heavy (non-hydrogen) atoms. The summed E-state index contributed by atoms with van der Waals surface area (Å²) in [5.74, 6) is 0.680. The van der Waals surface area contributed by atoms with Gasteiger partial charge in [0.05, 0.1) is 0 Å². The number of amides is 2. The van der Waals surface area contributed by atoms with E-state index in [1.165, 1.54) is 29.3 Å². The molecule has 2 aliphatic rings. The van der Waals surface area contributed by atoms with E-state index in [1.54, 1.807) is 0 Å². The van der Waals surface area contributed by atoms with E-state index in [2.05, 4.69) is 40.8 Å². The number of benzene rings is 1. The van der Waals surface area contributed by atoms with Gasteiger partial charge in [-0.2, -0.15) is 0 Å². The van der Waals surface area contributed by atoms with Crippen LogP contribution >= 0.6 is 0 Å². The summed E-state index contributed by atoms with van der Waals surface area (Å²) in [6, 6.07) is 9.09. The second-order valence-corrected chi connectivity index (χ2v) is 7.42. The van der Waals surface area contributed by atoms with E-state index in [4.69, 9.17) is 0 Å². The van der Waals surface area contributed by atoms with Gasteiger partial charge in [-0.25, -0.2) is 4.79 Å². The molecule has 4 rings (SSSR count). The minimum Gasteiger partial charge on any atom is -0.361 e. The minimum absolute atomic E-state index is 0.160. The average Bonchev–Trinajstić information content (AvgIpc) is 3.26. The second-order valence-electron chi connectivity index (χ2n) is 7.42. The molecule has 0 bridgehead atoms. The molecule has 2 amide bonds. The Morgan fingerprint density at radius 3 is 2.67 bits per heavy atom. The highest BCUT2D eigenvalue weighted by Gasteiger charge is 2.25. The van der Waals surface area contributed by atoms with Crippen molar-refractivity contribution in [1.29, 1.82) is 0 Å². The maximum Gasteiger partial charge on any atom is 0.317 e. The van der Waals surface area contributed by atoms with Crippen LogP contribution in [0.2, 0.25) is 0 Å². The Hall–Kier alpha value is -1.97. The number of nitrogens with zero attached hydrogens (tertiary/aromatic N) is 1. The quantitative estimate of drug-likeness (QED) is 0.878. The Morgan fingerprint density at radius 1 is 1.12 bits per heavy atom. The molecule has 1 aliphatic heterocycles. The molecular weight excluding hydrogens is 298 g/mol. The summed E-state index contributed by atoms with van der Waals surface area (Å²) in [5.41, 5.74) is 2.64. The molecule has 0 atom stereocenters. The number of aromatic amines is 1. The topological polar surface area (TPSA) is 48.1 Å². The van der Waals surface area contributed by atoms with Crippen LogP contribution in [0.25, 0.3) is 10.9 Å². The Labute approximate surface area is 143 Å². The molecule has 1 aromatic heterocycles. The van der Waals surface area contributed by atoms with Gasteiger partial charge >= 0.3 is 6.03 Å². The van der Waals surface area contributed by atoms with Gasteiger partial charge in [0.15, 0.2) is 0 Å². The molecule has 0 spiro atoms. The molecule has 4 heteroatoms. The van der Waals surface area contributed by atoms with Crippen molar-refractivity contribution < 1.29 is 4.79 Å². The largest absolute Gasteiger partial charge is 0.361 e. The monoisotopic (exact) mass is 325 g/mol. The van der Waals surface area contributed by atoms with Crippen LogP contribution in [-0.2, 0) is 6.42 Å². The fraction of sp³-hybridized carbons (Fsp3) is 0.550. The van der Waals surface area contributed by atoms with E-state index in [9.17, 15) is 4.79 Å². The summed E-state index contributed by atoms with van der Waals surface area (Å²) in [6.45, 7) is 1.79. The van der Waals surface area contributed by atoms with E-state index in [-0.39, 0.29) is 6.03 Å². The zero-order chi connectivity index (χ0) is 16.4. The van der Waals surface area contributed by atoms with Crippen molar-refractivity contribution in [2.75, 3.05) is 13.1 Å². The molecule has 2 heterocycles. The summed E-state index contributed by atoms with van der Waals surface area (Å²) in [6.07, 6.45) is 10.3. The van der Waals surface area contributed by atoms with Crippen LogP contribution in [0.4, 0.5) is 4.79 Å². The number of carbonyl (C=O) groups excluding carboxylic acids is 1. The van der Waals surface area contributed by atoms with Gasteiger partial charge in [-0.15, -0.1) is 0 Å². The Kier molecular flexibility index (Phi) is 4.46. The first-order valence-electron chi connectivity index (χ1n) is 9.40. The third kappa shape index (κ3) is 3.28. The van der Waals surface area contributed by atoms with Gasteiger partial charge in [-0.3, -0.25) is 0 Å². The lowest BCUT2D eigenvalue weighted by atomic mass is 9.90. The summed E-state index contributed by atoms with van der Waals surface area (Å²) in [4.78, 5) is 17.8. The van der Waals surface area contributed by atoms with Crippen LogP contribution in [0, 0.1) is 5.92 Å². The third-order valence-electron chi connectivity index (χ3n) is 5.77. The Morgan fingerprint density at radius 2 is 1.88 bits per heavy atom. The lowest BCUT2D eigenvalue weighted by molar-refractivity contribution is 0.167. The maximum atomic E-state index is 12.4. The number of hydrogen-bond acceptors (Lipinski definition) is 1. The Bertz CT molecular complexity index is 694. The van der Waals surface area contributed by atoms with Crippen molar-refractivity contribution in [2.24, 2.45) is 5.92 Å². The highest BCUT2D eigenvalue weighted by Crippen LogP contribution is 2.26. The van der Waals surface area contributed by atoms with Crippen molar-refractivity contribution in [3.63, 3.8) is 0 Å². The highest BCUT2D eigenvalue weighted by atomic mass is 16.2. The van der Waals surface area contributed by atoms with Crippen LogP contribution in [-0.4, -0.2) is 35.0 Å². The predicted molar refractivity (Wildman–Crippen MR) is 97.1 cm³/mol. The Balaban J connectivity index is 1.30. The SMILES string of the molecule is O=C(NC1CCCC1)N1CCC(Cc2c[nH]c3ccccc23)CC1. The summed E-state index contributed by atoms with van der Waals surface area (Å²) in [5, 5.41) is 4.56. The van der Waals surface area contributed by atoms with Gasteiger partial charge in [0.2, 0.25) is 0 Å². The van der Waals surface area contributed by atoms with Gasteiger partial charge in [0.1, 0.15) is 0 Å². The fourth-order valence-electron chi connectivity index (χ4n) is 4.29. The van der Waals surface area contributed by atoms with Crippen molar-refractivity contribution in [3.8, 4) is 0 Å². The van der Waals surface area contributed by atoms with Crippen LogP contribution in [0.1, 0.15) is 44.1 Å². The van der Waals surface area contributed by atoms with Gasteiger partial charge in [-0.05, 0) is 49.7 Å². The number of carbonyl (C=O) groups is 1. The molecule has 0 unspecified atom stereocenters. The molecule has 1 saturated heterocycles. The summed E-state index contributed by atoms with van der Waals surface area (Å²) >= 11 is 0. The molecule has 2 N–H and O–H groups in total. The predicted octanol–water partition coefficient (Wildman–Crippen LogP) is 4.07. The second kappa shape index (κ2) is 6.88. The zero-order valence-electron chi connectivity index (χ0n) is 14.3. The molecule has 1 aromatic carbocycles. The van der Waals surface area contributed by atoms with Gasteiger partial charge in [0.25, 0.3) is 0 Å². The molecule has 2 fully saturated rings. The third-order valence-corrected chi connectivity index (χ3v) is 5.77. The van der Waals surface area contributed by atoms with E-state index >= 15 is 0 Å². The summed E-state index contributed by atoms with van der Waals surface area (Å²) < 4.78 is 0. The molecule has 1 aliphatic carbocycles. The number of nitrogens with one attached hydrogen (secondary N) is 2. The number of fused-ring (bicyclic) bond motifs is 1. The number of para-hydroxylation sites is 1. The number of aromatic nitrogens is 1. The highest BCUT2D eigenvalue weighted by molar-refractivity contribution is 5.83. The molecule has 0 radical (unpaired) electrons. The fourth-order valence-corrected chi connectivity index (χ4v) is 4.29. The molecule has 4 nitrogen and oxygen atoms in total. The smallest absolute Gasteiger partial charge is 0.317 e. The number of hydrogen-bond donors (Lipinski definition) is 2. The van der Waals surface area contributed by atoms with Crippen molar-refractivity contribution in [2.45, 2.75) is 51.0 Å². The van der Waals surface area contributed by atoms with Crippen LogP contribution in [0.3, 0.4) is 0 Å². The first-order chi connectivity index (χ1) is 11.8. The van der Waals surface area contributed by atoms with Crippen molar-refractivity contribution >= 4 is 16.9 Å². The van der Waals surface area contributed by atoms with Crippen molar-refractivity contribution in [1.82, 2.24) is 15.2 Å². The molecule has 2 aromatic rings. The van der Waals surface area contributed by atoms with E-state index in [0.717, 1.165) is 45.2 Å². The number of piperidine rings is 1. The number of urea groups is 1. The molecule has 128 valence electrons. The van der Waals surface area contributed by atoms with Crippen LogP contribution in [0.5, 0.6) is 0 Å². The van der Waals surface area contributed by atoms with Gasteiger partial charge < -0.3 is 15.2 Å². The van der Waals surface area contributed by atoms with Gasteiger partial charge in [-0.1, -0.05) is 31.0 Å². The number of rotatable bonds is 3. The van der Waals surface area contributed by atoms with Crippen LogP contribution < -0.4 is 5.32 Å². The minimum atomic E-state index is 0.160. The first-order valence-corrected chi connectivity index (χ1v) is 9.40. The zero-order valence-corrected chi connectivity index (χ0v) is 14.3. The molecular formula is C20H27N3O. The van der Waals surface area contributed by atoms with E-state index in [1.807, 2.05) is 4.90 Å². The normalized spacial score (nSPS) is 19.9. The first kappa shape index (κ1) is 15.6.